The lowest BCUT2D eigenvalue weighted by Gasteiger charge is -2.37. The van der Waals surface area contributed by atoms with Crippen molar-refractivity contribution in [3.05, 3.63) is 11.7 Å². The molecule has 2 fully saturated rings. The number of amides is 1. The van der Waals surface area contributed by atoms with Crippen LogP contribution in [0.5, 0.6) is 0 Å². The van der Waals surface area contributed by atoms with E-state index >= 15 is 0 Å². The Morgan fingerprint density at radius 2 is 1.79 bits per heavy atom. The Labute approximate surface area is 149 Å². The average molecular weight is 357 g/mol. The van der Waals surface area contributed by atoms with E-state index in [-0.39, 0.29) is 23.7 Å². The SMILES string of the molecule is Cc1nc(C2(NC(=O)CC3(CN)CCCCC3)CCCC2)no1.Cl. The number of halogens is 1. The summed E-state index contributed by atoms with van der Waals surface area (Å²) < 4.78 is 5.14. The van der Waals surface area contributed by atoms with Crippen molar-refractivity contribution >= 4 is 18.3 Å². The van der Waals surface area contributed by atoms with Crippen LogP contribution in [0.1, 0.15) is 75.9 Å². The number of nitrogens with one attached hydrogen (secondary N) is 1. The Kier molecular flexibility index (Phi) is 6.26. The van der Waals surface area contributed by atoms with Crippen molar-refractivity contribution in [1.82, 2.24) is 15.5 Å². The summed E-state index contributed by atoms with van der Waals surface area (Å²) in [4.78, 5) is 17.1. The maximum Gasteiger partial charge on any atom is 0.223 e. The number of aryl methyl sites for hydroxylation is 1. The molecule has 1 aromatic heterocycles. The molecule has 0 saturated heterocycles. The standard InChI is InChI=1S/C17H28N4O2.ClH/c1-13-19-15(21-23-13)17(9-5-6-10-17)20-14(22)11-16(12-18)7-3-2-4-8-16;/h2-12,18H2,1H3,(H,20,22);1H. The van der Waals surface area contributed by atoms with Crippen LogP contribution < -0.4 is 11.1 Å². The van der Waals surface area contributed by atoms with Crippen LogP contribution in [0.4, 0.5) is 0 Å². The first-order valence-electron chi connectivity index (χ1n) is 8.89. The summed E-state index contributed by atoms with van der Waals surface area (Å²) in [5.74, 6) is 1.26. The van der Waals surface area contributed by atoms with E-state index in [1.54, 1.807) is 6.92 Å². The van der Waals surface area contributed by atoms with E-state index in [1.165, 1.54) is 19.3 Å². The number of hydrogen-bond donors (Lipinski definition) is 2. The summed E-state index contributed by atoms with van der Waals surface area (Å²) in [6, 6.07) is 0. The quantitative estimate of drug-likeness (QED) is 0.845. The van der Waals surface area contributed by atoms with E-state index in [4.69, 9.17) is 10.3 Å². The molecule has 3 N–H and O–H groups in total. The third-order valence-corrected chi connectivity index (χ3v) is 5.67. The van der Waals surface area contributed by atoms with Crippen LogP contribution in [0.3, 0.4) is 0 Å². The van der Waals surface area contributed by atoms with Crippen LogP contribution in [0.15, 0.2) is 4.52 Å². The number of rotatable bonds is 5. The molecular formula is C17H29ClN4O2. The topological polar surface area (TPSA) is 94.0 Å². The maximum atomic E-state index is 12.8. The van der Waals surface area contributed by atoms with E-state index in [1.807, 2.05) is 0 Å². The number of carbonyl (C=O) groups excluding carboxylic acids is 1. The predicted molar refractivity (Wildman–Crippen MR) is 93.8 cm³/mol. The Morgan fingerprint density at radius 3 is 2.33 bits per heavy atom. The molecular weight excluding hydrogens is 328 g/mol. The second kappa shape index (κ2) is 7.83. The van der Waals surface area contributed by atoms with Crippen molar-refractivity contribution in [3.8, 4) is 0 Å². The first-order chi connectivity index (χ1) is 11.1. The van der Waals surface area contributed by atoms with Gasteiger partial charge in [0.2, 0.25) is 11.8 Å². The number of aromatic nitrogens is 2. The molecule has 2 saturated carbocycles. The molecule has 0 aromatic carbocycles. The second-order valence-corrected chi connectivity index (χ2v) is 7.42. The highest BCUT2D eigenvalue weighted by Crippen LogP contribution is 2.40. The van der Waals surface area contributed by atoms with Crippen LogP contribution in [-0.2, 0) is 10.3 Å². The monoisotopic (exact) mass is 356 g/mol. The van der Waals surface area contributed by atoms with Gasteiger partial charge in [-0.1, -0.05) is 37.3 Å². The van der Waals surface area contributed by atoms with Crippen LogP contribution in [0, 0.1) is 12.3 Å². The first-order valence-corrected chi connectivity index (χ1v) is 8.89. The minimum absolute atomic E-state index is 0. The lowest BCUT2D eigenvalue weighted by Crippen LogP contribution is -2.47. The van der Waals surface area contributed by atoms with Crippen molar-refractivity contribution in [2.24, 2.45) is 11.1 Å². The van der Waals surface area contributed by atoms with Gasteiger partial charge in [-0.15, -0.1) is 12.4 Å². The van der Waals surface area contributed by atoms with Gasteiger partial charge in [-0.05, 0) is 37.6 Å². The molecule has 7 heteroatoms. The zero-order valence-corrected chi connectivity index (χ0v) is 15.3. The highest BCUT2D eigenvalue weighted by atomic mass is 35.5. The zero-order chi connectivity index (χ0) is 16.3. The van der Waals surface area contributed by atoms with Gasteiger partial charge in [0, 0.05) is 13.3 Å². The van der Waals surface area contributed by atoms with Gasteiger partial charge in [0.05, 0.1) is 0 Å². The molecule has 1 amide bonds. The van der Waals surface area contributed by atoms with Crippen molar-refractivity contribution < 1.29 is 9.32 Å². The van der Waals surface area contributed by atoms with Gasteiger partial charge in [0.15, 0.2) is 5.82 Å². The molecule has 1 heterocycles. The van der Waals surface area contributed by atoms with E-state index in [2.05, 4.69) is 15.5 Å². The minimum Gasteiger partial charge on any atom is -0.343 e. The summed E-state index contributed by atoms with van der Waals surface area (Å²) in [5.41, 5.74) is 5.56. The van der Waals surface area contributed by atoms with Gasteiger partial charge in [-0.3, -0.25) is 4.79 Å². The number of nitrogens with two attached hydrogens (primary N) is 1. The molecule has 136 valence electrons. The summed E-state index contributed by atoms with van der Waals surface area (Å²) in [5, 5.41) is 7.33. The highest BCUT2D eigenvalue weighted by molar-refractivity contribution is 5.85. The van der Waals surface area contributed by atoms with Crippen molar-refractivity contribution in [2.75, 3.05) is 6.54 Å². The summed E-state index contributed by atoms with van der Waals surface area (Å²) in [6.45, 7) is 2.38. The third kappa shape index (κ3) is 3.91. The molecule has 0 unspecified atom stereocenters. The van der Waals surface area contributed by atoms with Crippen LogP contribution in [0.25, 0.3) is 0 Å². The Morgan fingerprint density at radius 1 is 1.17 bits per heavy atom. The molecule has 2 aliphatic rings. The smallest absolute Gasteiger partial charge is 0.223 e. The summed E-state index contributed by atoms with van der Waals surface area (Å²) in [6.07, 6.45) is 10.2. The molecule has 0 radical (unpaired) electrons. The van der Waals surface area contributed by atoms with Gasteiger partial charge in [0.1, 0.15) is 5.54 Å². The van der Waals surface area contributed by atoms with Gasteiger partial charge in [-0.25, -0.2) is 0 Å². The molecule has 1 aromatic rings. The van der Waals surface area contributed by atoms with E-state index in [0.717, 1.165) is 38.5 Å². The van der Waals surface area contributed by atoms with E-state index in [9.17, 15) is 4.79 Å². The van der Waals surface area contributed by atoms with E-state index in [0.29, 0.717) is 24.7 Å². The largest absolute Gasteiger partial charge is 0.343 e. The Hall–Kier alpha value is -1.14. The fourth-order valence-corrected chi connectivity index (χ4v) is 4.28. The predicted octanol–water partition coefficient (Wildman–Crippen LogP) is 2.98. The van der Waals surface area contributed by atoms with Crippen molar-refractivity contribution in [1.29, 1.82) is 0 Å². The molecule has 0 atom stereocenters. The number of hydrogen-bond acceptors (Lipinski definition) is 5. The summed E-state index contributed by atoms with van der Waals surface area (Å²) >= 11 is 0. The van der Waals surface area contributed by atoms with Gasteiger partial charge < -0.3 is 15.6 Å². The van der Waals surface area contributed by atoms with Crippen LogP contribution in [0.2, 0.25) is 0 Å². The van der Waals surface area contributed by atoms with Gasteiger partial charge >= 0.3 is 0 Å². The number of nitrogens with zero attached hydrogens (tertiary/aromatic N) is 2. The second-order valence-electron chi connectivity index (χ2n) is 7.42. The first kappa shape index (κ1) is 19.2. The molecule has 0 aliphatic heterocycles. The molecule has 2 aliphatic carbocycles. The molecule has 3 rings (SSSR count). The molecule has 6 nitrogen and oxygen atoms in total. The fraction of sp³-hybridized carbons (Fsp3) is 0.824. The highest BCUT2D eigenvalue weighted by Gasteiger charge is 2.42. The molecule has 24 heavy (non-hydrogen) atoms. The third-order valence-electron chi connectivity index (χ3n) is 5.67. The minimum atomic E-state index is -0.445. The zero-order valence-electron chi connectivity index (χ0n) is 14.5. The summed E-state index contributed by atoms with van der Waals surface area (Å²) in [7, 11) is 0. The Balaban J connectivity index is 0.00000208. The molecule has 0 bridgehead atoms. The normalized spacial score (nSPS) is 21.9. The Bertz CT molecular complexity index is 549. The lowest BCUT2D eigenvalue weighted by atomic mass is 9.71. The maximum absolute atomic E-state index is 12.8. The molecule has 0 spiro atoms. The van der Waals surface area contributed by atoms with Gasteiger partial charge in [0.25, 0.3) is 0 Å². The lowest BCUT2D eigenvalue weighted by molar-refractivity contribution is -0.126. The van der Waals surface area contributed by atoms with E-state index < -0.39 is 5.54 Å². The van der Waals surface area contributed by atoms with Gasteiger partial charge in [-0.2, -0.15) is 4.98 Å². The number of carbonyl (C=O) groups is 1. The average Bonchev–Trinajstić information content (AvgIpc) is 3.18. The van der Waals surface area contributed by atoms with Crippen LogP contribution >= 0.6 is 12.4 Å². The van der Waals surface area contributed by atoms with Crippen molar-refractivity contribution in [3.63, 3.8) is 0 Å². The fourth-order valence-electron chi connectivity index (χ4n) is 4.28. The van der Waals surface area contributed by atoms with Crippen LogP contribution in [-0.4, -0.2) is 22.6 Å². The van der Waals surface area contributed by atoms with Crippen molar-refractivity contribution in [2.45, 2.75) is 76.7 Å².